The second-order valence-electron chi connectivity index (χ2n) is 5.32. The number of hydrogen-bond donors (Lipinski definition) is 1. The largest absolute Gasteiger partial charge is 0.366 e. The molecule has 0 radical (unpaired) electrons. The van der Waals surface area contributed by atoms with Gasteiger partial charge in [0.2, 0.25) is 5.65 Å². The van der Waals surface area contributed by atoms with E-state index in [2.05, 4.69) is 27.4 Å². The monoisotopic (exact) mass is 245 g/mol. The van der Waals surface area contributed by atoms with E-state index in [0.717, 1.165) is 23.8 Å². The standard InChI is InChI=1S/C13H19N5/c1-3-4-13(5-6-13)9-15-11-12-17-16-10(2)18(12)8-7-14-11/h7-8H,3-6,9H2,1-2H3,(H,14,15). The number of hydrogen-bond acceptors (Lipinski definition) is 4. The molecule has 3 rings (SSSR count). The summed E-state index contributed by atoms with van der Waals surface area (Å²) in [4.78, 5) is 4.38. The van der Waals surface area contributed by atoms with Gasteiger partial charge >= 0.3 is 0 Å². The molecule has 1 N–H and O–H groups in total. The Bertz CT molecular complexity index is 556. The number of aromatic nitrogens is 4. The van der Waals surface area contributed by atoms with Crippen molar-refractivity contribution in [2.75, 3.05) is 11.9 Å². The molecule has 1 fully saturated rings. The van der Waals surface area contributed by atoms with Gasteiger partial charge in [0.05, 0.1) is 0 Å². The number of fused-ring (bicyclic) bond motifs is 1. The van der Waals surface area contributed by atoms with Crippen molar-refractivity contribution in [2.45, 2.75) is 39.5 Å². The summed E-state index contributed by atoms with van der Waals surface area (Å²) in [5.41, 5.74) is 1.33. The lowest BCUT2D eigenvalue weighted by Gasteiger charge is -2.15. The van der Waals surface area contributed by atoms with Gasteiger partial charge in [-0.1, -0.05) is 13.3 Å². The molecule has 0 spiro atoms. The van der Waals surface area contributed by atoms with Crippen LogP contribution >= 0.6 is 0 Å². The highest BCUT2D eigenvalue weighted by Crippen LogP contribution is 2.49. The first-order valence-corrected chi connectivity index (χ1v) is 6.64. The maximum atomic E-state index is 4.38. The van der Waals surface area contributed by atoms with Crippen LogP contribution in [0.1, 0.15) is 38.4 Å². The van der Waals surface area contributed by atoms with E-state index in [1.807, 2.05) is 17.5 Å². The van der Waals surface area contributed by atoms with E-state index < -0.39 is 0 Å². The van der Waals surface area contributed by atoms with Crippen molar-refractivity contribution in [1.29, 1.82) is 0 Å². The van der Waals surface area contributed by atoms with Gasteiger partial charge in [-0.15, -0.1) is 10.2 Å². The summed E-state index contributed by atoms with van der Waals surface area (Å²) < 4.78 is 1.97. The highest BCUT2D eigenvalue weighted by molar-refractivity contribution is 5.62. The van der Waals surface area contributed by atoms with Gasteiger partial charge in [-0.3, -0.25) is 4.40 Å². The van der Waals surface area contributed by atoms with Gasteiger partial charge < -0.3 is 5.32 Å². The minimum Gasteiger partial charge on any atom is -0.366 e. The van der Waals surface area contributed by atoms with E-state index >= 15 is 0 Å². The quantitative estimate of drug-likeness (QED) is 0.879. The molecule has 2 aromatic rings. The predicted octanol–water partition coefficient (Wildman–Crippen LogP) is 2.42. The molecule has 96 valence electrons. The van der Waals surface area contributed by atoms with Crippen molar-refractivity contribution in [3.63, 3.8) is 0 Å². The number of aryl methyl sites for hydroxylation is 1. The van der Waals surface area contributed by atoms with Crippen LogP contribution in [0.5, 0.6) is 0 Å². The predicted molar refractivity (Wildman–Crippen MR) is 70.6 cm³/mol. The zero-order chi connectivity index (χ0) is 12.6. The zero-order valence-electron chi connectivity index (χ0n) is 11.0. The van der Waals surface area contributed by atoms with Crippen LogP contribution in [-0.2, 0) is 0 Å². The van der Waals surface area contributed by atoms with Crippen LogP contribution in [0.4, 0.5) is 5.82 Å². The van der Waals surface area contributed by atoms with E-state index in [1.165, 1.54) is 25.7 Å². The average Bonchev–Trinajstić information content (AvgIpc) is 3.04. The Morgan fingerprint density at radius 3 is 2.94 bits per heavy atom. The fraction of sp³-hybridized carbons (Fsp3) is 0.615. The van der Waals surface area contributed by atoms with Crippen LogP contribution in [0.25, 0.3) is 5.65 Å². The molecule has 0 aromatic carbocycles. The third-order valence-corrected chi connectivity index (χ3v) is 3.87. The summed E-state index contributed by atoms with van der Waals surface area (Å²) in [5.74, 6) is 1.74. The summed E-state index contributed by atoms with van der Waals surface area (Å²) in [6, 6.07) is 0. The lowest BCUT2D eigenvalue weighted by molar-refractivity contribution is 0.485. The third kappa shape index (κ3) is 1.94. The van der Waals surface area contributed by atoms with E-state index in [1.54, 1.807) is 6.20 Å². The Morgan fingerprint density at radius 2 is 2.22 bits per heavy atom. The minimum atomic E-state index is 0.512. The molecule has 0 aliphatic heterocycles. The zero-order valence-corrected chi connectivity index (χ0v) is 11.0. The maximum Gasteiger partial charge on any atom is 0.203 e. The van der Waals surface area contributed by atoms with E-state index in [-0.39, 0.29) is 0 Å². The molecule has 18 heavy (non-hydrogen) atoms. The highest BCUT2D eigenvalue weighted by Gasteiger charge is 2.41. The van der Waals surface area contributed by atoms with E-state index in [4.69, 9.17) is 0 Å². The molecule has 2 aromatic heterocycles. The first-order valence-electron chi connectivity index (χ1n) is 6.64. The Hall–Kier alpha value is -1.65. The Morgan fingerprint density at radius 1 is 1.39 bits per heavy atom. The molecule has 0 unspecified atom stereocenters. The second-order valence-corrected chi connectivity index (χ2v) is 5.32. The van der Waals surface area contributed by atoms with Crippen LogP contribution in [-0.4, -0.2) is 26.1 Å². The van der Waals surface area contributed by atoms with Crippen LogP contribution in [0, 0.1) is 12.3 Å². The number of anilines is 1. The highest BCUT2D eigenvalue weighted by atomic mass is 15.3. The smallest absolute Gasteiger partial charge is 0.203 e. The number of nitrogens with one attached hydrogen (secondary N) is 1. The number of rotatable bonds is 5. The van der Waals surface area contributed by atoms with Crippen LogP contribution in [0.15, 0.2) is 12.4 Å². The SMILES string of the molecule is CCCC1(CNc2nccn3c(C)nnc23)CC1. The van der Waals surface area contributed by atoms with Crippen LogP contribution in [0.2, 0.25) is 0 Å². The average molecular weight is 245 g/mol. The molecular weight excluding hydrogens is 226 g/mol. The van der Waals surface area contributed by atoms with Crippen molar-refractivity contribution in [2.24, 2.45) is 5.41 Å². The van der Waals surface area contributed by atoms with E-state index in [9.17, 15) is 0 Å². The molecule has 1 saturated carbocycles. The fourth-order valence-corrected chi connectivity index (χ4v) is 2.56. The molecule has 0 atom stereocenters. The molecule has 5 heteroatoms. The normalized spacial score (nSPS) is 17.0. The summed E-state index contributed by atoms with van der Waals surface area (Å²) >= 11 is 0. The van der Waals surface area contributed by atoms with Gasteiger partial charge in [0.15, 0.2) is 5.82 Å². The Kier molecular flexibility index (Phi) is 2.69. The number of nitrogens with zero attached hydrogens (tertiary/aromatic N) is 4. The summed E-state index contributed by atoms with van der Waals surface area (Å²) in [7, 11) is 0. The first-order chi connectivity index (χ1) is 8.74. The fourth-order valence-electron chi connectivity index (χ4n) is 2.56. The molecule has 0 amide bonds. The van der Waals surface area contributed by atoms with Crippen molar-refractivity contribution < 1.29 is 0 Å². The first kappa shape index (κ1) is 11.4. The lowest BCUT2D eigenvalue weighted by Crippen LogP contribution is -2.16. The van der Waals surface area contributed by atoms with Gasteiger partial charge in [0.25, 0.3) is 0 Å². The third-order valence-electron chi connectivity index (χ3n) is 3.87. The summed E-state index contributed by atoms with van der Waals surface area (Å²) in [6.45, 7) is 5.20. The van der Waals surface area contributed by atoms with Crippen molar-refractivity contribution >= 4 is 11.5 Å². The molecular formula is C13H19N5. The van der Waals surface area contributed by atoms with Crippen molar-refractivity contribution in [3.8, 4) is 0 Å². The van der Waals surface area contributed by atoms with Gasteiger partial charge in [0.1, 0.15) is 5.82 Å². The molecule has 0 saturated heterocycles. The minimum absolute atomic E-state index is 0.512. The van der Waals surface area contributed by atoms with Gasteiger partial charge in [0, 0.05) is 18.9 Å². The summed E-state index contributed by atoms with van der Waals surface area (Å²) in [5, 5.41) is 11.7. The molecule has 1 aliphatic carbocycles. The Balaban J connectivity index is 1.79. The second kappa shape index (κ2) is 4.23. The topological polar surface area (TPSA) is 55.1 Å². The van der Waals surface area contributed by atoms with Crippen molar-refractivity contribution in [1.82, 2.24) is 19.6 Å². The molecule has 5 nitrogen and oxygen atoms in total. The Labute approximate surface area is 107 Å². The molecule has 0 bridgehead atoms. The van der Waals surface area contributed by atoms with Crippen LogP contribution in [0.3, 0.4) is 0 Å². The van der Waals surface area contributed by atoms with Gasteiger partial charge in [-0.05, 0) is 31.6 Å². The van der Waals surface area contributed by atoms with Crippen LogP contribution < -0.4 is 5.32 Å². The van der Waals surface area contributed by atoms with Crippen molar-refractivity contribution in [3.05, 3.63) is 18.2 Å². The lowest BCUT2D eigenvalue weighted by atomic mass is 10.0. The summed E-state index contributed by atoms with van der Waals surface area (Å²) in [6.07, 6.45) is 8.92. The van der Waals surface area contributed by atoms with Gasteiger partial charge in [-0.2, -0.15) is 0 Å². The molecule has 1 aliphatic rings. The maximum absolute atomic E-state index is 4.38. The van der Waals surface area contributed by atoms with Gasteiger partial charge in [-0.25, -0.2) is 4.98 Å². The molecule has 2 heterocycles. The van der Waals surface area contributed by atoms with E-state index in [0.29, 0.717) is 5.41 Å².